The molecule has 0 aliphatic rings. The predicted molar refractivity (Wildman–Crippen MR) is 88.7 cm³/mol. The molecule has 1 aromatic carbocycles. The quantitative estimate of drug-likeness (QED) is 0.846. The van der Waals surface area contributed by atoms with E-state index in [2.05, 4.69) is 73.1 Å². The number of rotatable bonds is 7. The first kappa shape index (κ1) is 15.8. The van der Waals surface area contributed by atoms with E-state index >= 15 is 0 Å². The maximum absolute atomic E-state index is 4.56. The molecule has 1 heterocycles. The van der Waals surface area contributed by atoms with Crippen molar-refractivity contribution in [2.45, 2.75) is 53.1 Å². The van der Waals surface area contributed by atoms with E-state index in [1.54, 1.807) is 0 Å². The molecule has 2 rings (SSSR count). The lowest BCUT2D eigenvalue weighted by Crippen LogP contribution is -2.34. The van der Waals surface area contributed by atoms with E-state index in [9.17, 15) is 0 Å². The third-order valence-electron chi connectivity index (χ3n) is 3.96. The van der Waals surface area contributed by atoms with Crippen LogP contribution in [0.2, 0.25) is 0 Å². The van der Waals surface area contributed by atoms with Crippen molar-refractivity contribution in [3.8, 4) is 0 Å². The summed E-state index contributed by atoms with van der Waals surface area (Å²) in [5.41, 5.74) is 5.25. The Bertz CT molecular complexity index is 572. The van der Waals surface area contributed by atoms with Crippen LogP contribution >= 0.6 is 0 Å². The standard InChI is InChI=1S/C18H27N3/c1-5-19-17(12-16-10-8-7-9-14(16)3)13-18-11-15(4)20-21(18)6-2/h7-11,17,19H,5-6,12-13H2,1-4H3. The minimum Gasteiger partial charge on any atom is -0.314 e. The molecule has 1 aromatic heterocycles. The predicted octanol–water partition coefficient (Wildman–Crippen LogP) is 3.28. The Balaban J connectivity index is 2.13. The van der Waals surface area contributed by atoms with Crippen molar-refractivity contribution >= 4 is 0 Å². The number of nitrogens with one attached hydrogen (secondary N) is 1. The van der Waals surface area contributed by atoms with Gasteiger partial charge in [-0.25, -0.2) is 0 Å². The summed E-state index contributed by atoms with van der Waals surface area (Å²) in [7, 11) is 0. The number of hydrogen-bond acceptors (Lipinski definition) is 2. The molecule has 0 saturated carbocycles. The van der Waals surface area contributed by atoms with E-state index in [0.717, 1.165) is 31.6 Å². The van der Waals surface area contributed by atoms with Crippen LogP contribution in [0.1, 0.15) is 36.4 Å². The molecule has 0 saturated heterocycles. The van der Waals surface area contributed by atoms with Crippen LogP contribution < -0.4 is 5.32 Å². The van der Waals surface area contributed by atoms with Crippen molar-refractivity contribution in [3.05, 3.63) is 52.8 Å². The number of nitrogens with zero attached hydrogens (tertiary/aromatic N) is 2. The molecule has 1 unspecified atom stereocenters. The number of aryl methyl sites for hydroxylation is 3. The van der Waals surface area contributed by atoms with Gasteiger partial charge in [0.15, 0.2) is 0 Å². The lowest BCUT2D eigenvalue weighted by molar-refractivity contribution is 0.495. The Morgan fingerprint density at radius 3 is 2.57 bits per heavy atom. The topological polar surface area (TPSA) is 29.9 Å². The highest BCUT2D eigenvalue weighted by Gasteiger charge is 2.14. The van der Waals surface area contributed by atoms with Crippen LogP contribution in [0, 0.1) is 13.8 Å². The number of aromatic nitrogens is 2. The van der Waals surface area contributed by atoms with Gasteiger partial charge in [0.2, 0.25) is 0 Å². The van der Waals surface area contributed by atoms with Gasteiger partial charge in [-0.2, -0.15) is 5.10 Å². The van der Waals surface area contributed by atoms with Crippen molar-refractivity contribution < 1.29 is 0 Å². The highest BCUT2D eigenvalue weighted by molar-refractivity contribution is 5.26. The second-order valence-corrected chi connectivity index (χ2v) is 5.68. The van der Waals surface area contributed by atoms with Crippen LogP contribution in [-0.4, -0.2) is 22.4 Å². The summed E-state index contributed by atoms with van der Waals surface area (Å²) in [6.45, 7) is 10.5. The van der Waals surface area contributed by atoms with E-state index in [1.165, 1.54) is 16.8 Å². The van der Waals surface area contributed by atoms with Crippen molar-refractivity contribution in [1.82, 2.24) is 15.1 Å². The Morgan fingerprint density at radius 2 is 1.90 bits per heavy atom. The van der Waals surface area contributed by atoms with Gasteiger partial charge in [-0.1, -0.05) is 31.2 Å². The SMILES string of the molecule is CCNC(Cc1ccccc1C)Cc1cc(C)nn1CC. The second-order valence-electron chi connectivity index (χ2n) is 5.68. The summed E-state index contributed by atoms with van der Waals surface area (Å²) in [5.74, 6) is 0. The van der Waals surface area contributed by atoms with Gasteiger partial charge in [-0.05, 0) is 50.9 Å². The monoisotopic (exact) mass is 285 g/mol. The molecule has 1 atom stereocenters. The van der Waals surface area contributed by atoms with Gasteiger partial charge >= 0.3 is 0 Å². The molecule has 0 aliphatic carbocycles. The fourth-order valence-electron chi connectivity index (χ4n) is 2.90. The molecule has 0 aliphatic heterocycles. The van der Waals surface area contributed by atoms with Crippen molar-refractivity contribution in [1.29, 1.82) is 0 Å². The molecule has 0 bridgehead atoms. The average molecular weight is 285 g/mol. The molecular formula is C18H27N3. The Morgan fingerprint density at radius 1 is 1.14 bits per heavy atom. The van der Waals surface area contributed by atoms with Crippen molar-refractivity contribution in [3.63, 3.8) is 0 Å². The lowest BCUT2D eigenvalue weighted by Gasteiger charge is -2.19. The Labute approximate surface area is 128 Å². The van der Waals surface area contributed by atoms with Crippen LogP contribution in [0.4, 0.5) is 0 Å². The zero-order valence-electron chi connectivity index (χ0n) is 13.7. The van der Waals surface area contributed by atoms with Gasteiger partial charge in [0.05, 0.1) is 5.69 Å². The van der Waals surface area contributed by atoms with Gasteiger partial charge in [-0.3, -0.25) is 4.68 Å². The largest absolute Gasteiger partial charge is 0.314 e. The molecule has 0 fully saturated rings. The Kier molecular flexibility index (Phi) is 5.57. The van der Waals surface area contributed by atoms with Crippen LogP contribution in [0.15, 0.2) is 30.3 Å². The van der Waals surface area contributed by atoms with Gasteiger partial charge in [0, 0.05) is 24.7 Å². The number of benzene rings is 1. The van der Waals surface area contributed by atoms with Gasteiger partial charge < -0.3 is 5.32 Å². The first-order valence-electron chi connectivity index (χ1n) is 7.95. The first-order valence-corrected chi connectivity index (χ1v) is 7.95. The minimum absolute atomic E-state index is 0.456. The van der Waals surface area contributed by atoms with Crippen LogP contribution in [0.5, 0.6) is 0 Å². The van der Waals surface area contributed by atoms with Crippen molar-refractivity contribution in [2.75, 3.05) is 6.54 Å². The molecule has 114 valence electrons. The van der Waals surface area contributed by atoms with Crippen molar-refractivity contribution in [2.24, 2.45) is 0 Å². The molecule has 21 heavy (non-hydrogen) atoms. The summed E-state index contributed by atoms with van der Waals surface area (Å²) in [5, 5.41) is 8.18. The fraction of sp³-hybridized carbons (Fsp3) is 0.500. The molecule has 1 N–H and O–H groups in total. The molecular weight excluding hydrogens is 258 g/mol. The molecule has 2 aromatic rings. The van der Waals surface area contributed by atoms with E-state index in [1.807, 2.05) is 0 Å². The third-order valence-corrected chi connectivity index (χ3v) is 3.96. The normalized spacial score (nSPS) is 12.6. The molecule has 0 spiro atoms. The zero-order valence-corrected chi connectivity index (χ0v) is 13.7. The van der Waals surface area contributed by atoms with Crippen LogP contribution in [0.25, 0.3) is 0 Å². The lowest BCUT2D eigenvalue weighted by atomic mass is 9.98. The molecule has 3 heteroatoms. The maximum atomic E-state index is 4.56. The summed E-state index contributed by atoms with van der Waals surface area (Å²) in [6.07, 6.45) is 2.09. The summed E-state index contributed by atoms with van der Waals surface area (Å²) >= 11 is 0. The zero-order chi connectivity index (χ0) is 15.2. The summed E-state index contributed by atoms with van der Waals surface area (Å²) < 4.78 is 2.12. The smallest absolute Gasteiger partial charge is 0.0596 e. The van der Waals surface area contributed by atoms with Crippen LogP contribution in [-0.2, 0) is 19.4 Å². The summed E-state index contributed by atoms with van der Waals surface area (Å²) in [6, 6.07) is 11.3. The summed E-state index contributed by atoms with van der Waals surface area (Å²) in [4.78, 5) is 0. The highest BCUT2D eigenvalue weighted by atomic mass is 15.3. The molecule has 3 nitrogen and oxygen atoms in total. The van der Waals surface area contributed by atoms with Gasteiger partial charge in [0.1, 0.15) is 0 Å². The maximum Gasteiger partial charge on any atom is 0.0596 e. The second kappa shape index (κ2) is 7.41. The molecule has 0 amide bonds. The van der Waals surface area contributed by atoms with E-state index in [4.69, 9.17) is 0 Å². The highest BCUT2D eigenvalue weighted by Crippen LogP contribution is 2.14. The van der Waals surface area contributed by atoms with Gasteiger partial charge in [-0.15, -0.1) is 0 Å². The van der Waals surface area contributed by atoms with Gasteiger partial charge in [0.25, 0.3) is 0 Å². The first-order chi connectivity index (χ1) is 10.1. The van der Waals surface area contributed by atoms with E-state index in [-0.39, 0.29) is 0 Å². The minimum atomic E-state index is 0.456. The van der Waals surface area contributed by atoms with Crippen LogP contribution in [0.3, 0.4) is 0 Å². The van der Waals surface area contributed by atoms with E-state index in [0.29, 0.717) is 6.04 Å². The van der Waals surface area contributed by atoms with E-state index < -0.39 is 0 Å². The third kappa shape index (κ3) is 4.18. The average Bonchev–Trinajstić information content (AvgIpc) is 2.81. The Hall–Kier alpha value is -1.61. The number of likely N-dealkylation sites (N-methyl/N-ethyl adjacent to an activating group) is 1. The fourth-order valence-corrected chi connectivity index (χ4v) is 2.90. The number of hydrogen-bond donors (Lipinski definition) is 1. The molecule has 0 radical (unpaired) electrons.